The third-order valence-electron chi connectivity index (χ3n) is 4.27. The first-order valence-corrected chi connectivity index (χ1v) is 7.99. The third-order valence-corrected chi connectivity index (χ3v) is 4.27. The molecule has 24 heavy (non-hydrogen) atoms. The predicted octanol–water partition coefficient (Wildman–Crippen LogP) is 2.98. The first kappa shape index (κ1) is 15.1. The first-order chi connectivity index (χ1) is 11.5. The molecule has 0 aliphatic carbocycles. The Morgan fingerprint density at radius 3 is 2.62 bits per heavy atom. The zero-order chi connectivity index (χ0) is 16.8. The molecule has 0 unspecified atom stereocenters. The van der Waals surface area contributed by atoms with Crippen molar-refractivity contribution in [3.05, 3.63) is 30.5 Å². The quantitative estimate of drug-likeness (QED) is 0.723. The summed E-state index contributed by atoms with van der Waals surface area (Å²) in [5.41, 5.74) is 1.91. The minimum Gasteiger partial charge on any atom is -0.372 e. The summed E-state index contributed by atoms with van der Waals surface area (Å²) < 4.78 is 27.8. The molecule has 126 valence electrons. The van der Waals surface area contributed by atoms with Gasteiger partial charge in [-0.2, -0.15) is 0 Å². The second kappa shape index (κ2) is 5.59. The third kappa shape index (κ3) is 2.45. The number of aryl methyl sites for hydroxylation is 1. The molecule has 1 fully saturated rings. The molecule has 0 amide bonds. The van der Waals surface area contributed by atoms with Gasteiger partial charge in [-0.1, -0.05) is 5.16 Å². The van der Waals surface area contributed by atoms with Crippen molar-refractivity contribution in [2.75, 3.05) is 18.0 Å². The van der Waals surface area contributed by atoms with Gasteiger partial charge < -0.3 is 18.7 Å². The number of ether oxygens (including phenoxy) is 1. The van der Waals surface area contributed by atoms with Crippen LogP contribution < -0.4 is 4.90 Å². The number of halogens is 1. The minimum atomic E-state index is -0.386. The lowest BCUT2D eigenvalue weighted by atomic mass is 10.1. The van der Waals surface area contributed by atoms with E-state index in [-0.39, 0.29) is 23.6 Å². The van der Waals surface area contributed by atoms with Gasteiger partial charge in [-0.05, 0) is 26.0 Å². The van der Waals surface area contributed by atoms with Crippen LogP contribution in [0.2, 0.25) is 0 Å². The van der Waals surface area contributed by atoms with E-state index in [0.29, 0.717) is 35.6 Å². The molecule has 2 atom stereocenters. The predicted molar refractivity (Wildman–Crippen MR) is 88.4 cm³/mol. The summed E-state index contributed by atoms with van der Waals surface area (Å²) in [4.78, 5) is 6.26. The van der Waals surface area contributed by atoms with E-state index in [1.165, 1.54) is 0 Å². The molecule has 0 N–H and O–H groups in total. The highest BCUT2D eigenvalue weighted by Crippen LogP contribution is 2.34. The van der Waals surface area contributed by atoms with E-state index in [0.717, 1.165) is 0 Å². The molecule has 1 aliphatic heterocycles. The Morgan fingerprint density at radius 2 is 1.96 bits per heavy atom. The average Bonchev–Trinajstić information content (AvgIpc) is 3.13. The minimum absolute atomic E-state index is 0.0580. The maximum absolute atomic E-state index is 15.0. The molecule has 0 bridgehead atoms. The Labute approximate surface area is 138 Å². The van der Waals surface area contributed by atoms with Crippen molar-refractivity contribution in [1.29, 1.82) is 0 Å². The fourth-order valence-corrected chi connectivity index (χ4v) is 3.30. The van der Waals surface area contributed by atoms with Crippen molar-refractivity contribution in [2.45, 2.75) is 26.1 Å². The maximum Gasteiger partial charge on any atom is 0.205 e. The average molecular weight is 330 g/mol. The maximum atomic E-state index is 15.0. The summed E-state index contributed by atoms with van der Waals surface area (Å²) in [6.07, 6.45) is 3.62. The van der Waals surface area contributed by atoms with E-state index in [1.54, 1.807) is 12.4 Å². The molecule has 1 aliphatic rings. The van der Waals surface area contributed by atoms with Gasteiger partial charge in [0.05, 0.1) is 29.6 Å². The van der Waals surface area contributed by atoms with Gasteiger partial charge in [-0.25, -0.2) is 9.37 Å². The van der Waals surface area contributed by atoms with Crippen molar-refractivity contribution < 1.29 is 13.7 Å². The van der Waals surface area contributed by atoms with Crippen molar-refractivity contribution >= 4 is 16.7 Å². The van der Waals surface area contributed by atoms with Crippen LogP contribution in [0.15, 0.2) is 29.2 Å². The van der Waals surface area contributed by atoms with Gasteiger partial charge in [0.1, 0.15) is 11.4 Å². The summed E-state index contributed by atoms with van der Waals surface area (Å²) in [7, 11) is 1.87. The number of fused-ring (bicyclic) bond motifs is 1. The second-order valence-corrected chi connectivity index (χ2v) is 6.39. The molecule has 0 saturated carbocycles. The molecule has 2 aromatic heterocycles. The van der Waals surface area contributed by atoms with Crippen molar-refractivity contribution in [1.82, 2.24) is 14.7 Å². The van der Waals surface area contributed by atoms with E-state index < -0.39 is 0 Å². The molecule has 6 nitrogen and oxygen atoms in total. The van der Waals surface area contributed by atoms with Gasteiger partial charge >= 0.3 is 0 Å². The van der Waals surface area contributed by atoms with Crippen LogP contribution >= 0.6 is 0 Å². The van der Waals surface area contributed by atoms with Crippen LogP contribution in [0.4, 0.5) is 10.1 Å². The molecule has 7 heteroatoms. The Balaban J connectivity index is 1.76. The Bertz CT molecular complexity index is 878. The molecule has 0 spiro atoms. The molecule has 3 aromatic rings. The highest BCUT2D eigenvalue weighted by Gasteiger charge is 2.26. The summed E-state index contributed by atoms with van der Waals surface area (Å²) in [5, 5.41) is 4.65. The van der Waals surface area contributed by atoms with Crippen LogP contribution in [0.1, 0.15) is 13.8 Å². The highest BCUT2D eigenvalue weighted by molar-refractivity contribution is 5.92. The summed E-state index contributed by atoms with van der Waals surface area (Å²) >= 11 is 0. The number of morpholine rings is 1. The lowest BCUT2D eigenvalue weighted by Gasteiger charge is -2.36. The SMILES string of the molecule is C[C@@H]1CN(c2ccc3c(-c4cn(C)cn4)noc3c2F)C[C@H](C)O1. The second-order valence-electron chi connectivity index (χ2n) is 6.39. The van der Waals surface area contributed by atoms with Gasteiger partial charge in [-0.15, -0.1) is 0 Å². The standard InChI is InChI=1S/C17H19FN4O2/c1-10-6-22(7-11(2)23-10)14-5-4-12-16(13-8-21(3)9-19-13)20-24-17(12)15(14)18/h4-5,8-11H,6-7H2,1-3H3/t10-,11+. The monoisotopic (exact) mass is 330 g/mol. The summed E-state index contributed by atoms with van der Waals surface area (Å²) in [5.74, 6) is -0.386. The van der Waals surface area contributed by atoms with Crippen LogP contribution in [-0.4, -0.2) is 40.0 Å². The van der Waals surface area contributed by atoms with E-state index in [1.807, 2.05) is 42.6 Å². The molecule has 3 heterocycles. The Kier molecular flexibility index (Phi) is 3.53. The van der Waals surface area contributed by atoms with Crippen LogP contribution in [0, 0.1) is 5.82 Å². The summed E-state index contributed by atoms with van der Waals surface area (Å²) in [6, 6.07) is 3.63. The molecule has 4 rings (SSSR count). The number of nitrogens with zero attached hydrogens (tertiary/aromatic N) is 4. The number of benzene rings is 1. The molecule has 1 aromatic carbocycles. The summed E-state index contributed by atoms with van der Waals surface area (Å²) in [6.45, 7) is 5.28. The smallest absolute Gasteiger partial charge is 0.205 e. The Hall–Kier alpha value is -2.41. The van der Waals surface area contributed by atoms with Crippen LogP contribution in [0.25, 0.3) is 22.4 Å². The van der Waals surface area contributed by atoms with Gasteiger partial charge in [0.15, 0.2) is 5.82 Å². The zero-order valence-electron chi connectivity index (χ0n) is 13.9. The van der Waals surface area contributed by atoms with E-state index >= 15 is 4.39 Å². The van der Waals surface area contributed by atoms with Gasteiger partial charge in [0, 0.05) is 26.3 Å². The molecule has 0 radical (unpaired) electrons. The Morgan fingerprint density at radius 1 is 1.21 bits per heavy atom. The van der Waals surface area contributed by atoms with Crippen LogP contribution in [0.5, 0.6) is 0 Å². The zero-order valence-corrected chi connectivity index (χ0v) is 13.9. The van der Waals surface area contributed by atoms with Crippen LogP contribution in [0.3, 0.4) is 0 Å². The van der Waals surface area contributed by atoms with E-state index in [2.05, 4.69) is 10.1 Å². The van der Waals surface area contributed by atoms with Gasteiger partial charge in [0.25, 0.3) is 0 Å². The lowest BCUT2D eigenvalue weighted by molar-refractivity contribution is -0.00539. The van der Waals surface area contributed by atoms with Crippen molar-refractivity contribution in [3.63, 3.8) is 0 Å². The first-order valence-electron chi connectivity index (χ1n) is 7.99. The van der Waals surface area contributed by atoms with Gasteiger partial charge in [0.2, 0.25) is 5.58 Å². The number of aromatic nitrogens is 3. The fourth-order valence-electron chi connectivity index (χ4n) is 3.30. The van der Waals surface area contributed by atoms with Gasteiger partial charge in [-0.3, -0.25) is 0 Å². The van der Waals surface area contributed by atoms with Crippen molar-refractivity contribution in [2.24, 2.45) is 7.05 Å². The molecular weight excluding hydrogens is 311 g/mol. The molecular formula is C17H19FN4O2. The van der Waals surface area contributed by atoms with Crippen molar-refractivity contribution in [3.8, 4) is 11.4 Å². The van der Waals surface area contributed by atoms with Crippen LogP contribution in [-0.2, 0) is 11.8 Å². The molecule has 1 saturated heterocycles. The number of anilines is 1. The fraction of sp³-hybridized carbons (Fsp3) is 0.412. The largest absolute Gasteiger partial charge is 0.372 e. The highest BCUT2D eigenvalue weighted by atomic mass is 19.1. The number of rotatable bonds is 2. The number of imidazole rings is 1. The number of hydrogen-bond acceptors (Lipinski definition) is 5. The lowest BCUT2D eigenvalue weighted by Crippen LogP contribution is -2.45. The van der Waals surface area contributed by atoms with E-state index in [4.69, 9.17) is 9.26 Å². The number of hydrogen-bond donors (Lipinski definition) is 0. The normalized spacial score (nSPS) is 21.6. The topological polar surface area (TPSA) is 56.3 Å². The van der Waals surface area contributed by atoms with E-state index in [9.17, 15) is 0 Å².